The largest absolute Gasteiger partial charge is 0.455 e. The molecule has 1 aliphatic rings. The maximum atomic E-state index is 11.4. The van der Waals surface area contributed by atoms with E-state index >= 15 is 0 Å². The van der Waals surface area contributed by atoms with Crippen LogP contribution in [0, 0.1) is 0 Å². The minimum atomic E-state index is -0.648. The van der Waals surface area contributed by atoms with E-state index in [-0.39, 0.29) is 10.9 Å². The van der Waals surface area contributed by atoms with Gasteiger partial charge < -0.3 is 9.47 Å². The van der Waals surface area contributed by atoms with Gasteiger partial charge in [-0.05, 0) is 20.3 Å². The minimum Gasteiger partial charge on any atom is -0.455 e. The lowest BCUT2D eigenvalue weighted by atomic mass is 10.0. The second-order valence-electron chi connectivity index (χ2n) is 4.32. The summed E-state index contributed by atoms with van der Waals surface area (Å²) in [5.41, 5.74) is -0.648. The molecule has 1 aliphatic heterocycles. The first-order valence-electron chi connectivity index (χ1n) is 5.22. The molecule has 0 unspecified atom stereocenters. The molecule has 1 rings (SSSR count). The van der Waals surface area contributed by atoms with Crippen LogP contribution in [0.5, 0.6) is 0 Å². The van der Waals surface area contributed by atoms with Gasteiger partial charge in [-0.15, -0.1) is 12.6 Å². The smallest absolute Gasteiger partial charge is 0.348 e. The first-order chi connectivity index (χ1) is 7.35. The van der Waals surface area contributed by atoms with E-state index in [4.69, 9.17) is 9.47 Å². The fraction of sp³-hybridized carbons (Fsp3) is 0.636. The Hall–Kier alpha value is -0.970. The molecule has 4 nitrogen and oxygen atoms in total. The van der Waals surface area contributed by atoms with E-state index in [1.807, 2.05) is 6.92 Å². The third-order valence-corrected chi connectivity index (χ3v) is 2.54. The predicted octanol–water partition coefficient (Wildman–Crippen LogP) is 2.20. The Kier molecular flexibility index (Phi) is 4.02. The lowest BCUT2D eigenvalue weighted by molar-refractivity contribution is -0.155. The zero-order valence-corrected chi connectivity index (χ0v) is 10.6. The van der Waals surface area contributed by atoms with Crippen LogP contribution in [0.25, 0.3) is 0 Å². The van der Waals surface area contributed by atoms with Crippen molar-refractivity contribution in [3.63, 3.8) is 0 Å². The number of carbonyl (C=O) groups excluding carboxylic acids is 2. The lowest BCUT2D eigenvalue weighted by Gasteiger charge is -2.30. The highest BCUT2D eigenvalue weighted by Gasteiger charge is 2.35. The number of rotatable bonds is 3. The van der Waals surface area contributed by atoms with Crippen molar-refractivity contribution in [2.45, 2.75) is 45.6 Å². The summed E-state index contributed by atoms with van der Waals surface area (Å²) in [5, 5.41) is 0. The summed E-state index contributed by atoms with van der Waals surface area (Å²) in [6, 6.07) is 0. The summed E-state index contributed by atoms with van der Waals surface area (Å²) < 4.78 is 10.2. The van der Waals surface area contributed by atoms with Gasteiger partial charge in [0.25, 0.3) is 0 Å². The van der Waals surface area contributed by atoms with Gasteiger partial charge >= 0.3 is 11.9 Å². The fourth-order valence-corrected chi connectivity index (χ4v) is 1.57. The monoisotopic (exact) mass is 244 g/mol. The number of esters is 2. The van der Waals surface area contributed by atoms with Crippen molar-refractivity contribution >= 4 is 24.6 Å². The van der Waals surface area contributed by atoms with Gasteiger partial charge in [-0.2, -0.15) is 0 Å². The summed E-state index contributed by atoms with van der Waals surface area (Å²) in [5.74, 6) is -0.573. The van der Waals surface area contributed by atoms with Gasteiger partial charge in [0.1, 0.15) is 16.3 Å². The molecule has 1 heterocycles. The van der Waals surface area contributed by atoms with E-state index in [2.05, 4.69) is 12.6 Å². The summed E-state index contributed by atoms with van der Waals surface area (Å²) in [4.78, 5) is 22.8. The molecule has 0 aromatic heterocycles. The average Bonchev–Trinajstić information content (AvgIpc) is 2.12. The number of hydrogen-bond donors (Lipinski definition) is 1. The molecule has 5 heteroatoms. The Morgan fingerprint density at radius 3 is 2.75 bits per heavy atom. The quantitative estimate of drug-likeness (QED) is 0.611. The van der Waals surface area contributed by atoms with Gasteiger partial charge in [0.15, 0.2) is 0 Å². The first kappa shape index (κ1) is 13.1. The van der Waals surface area contributed by atoms with Gasteiger partial charge in [-0.1, -0.05) is 6.92 Å². The van der Waals surface area contributed by atoms with Crippen molar-refractivity contribution in [3.05, 3.63) is 10.7 Å². The molecule has 0 aromatic rings. The Bertz CT molecular complexity index is 344. The molecular weight excluding hydrogens is 228 g/mol. The molecule has 0 saturated carbocycles. The minimum absolute atomic E-state index is 0.0868. The zero-order chi connectivity index (χ0) is 12.3. The number of cyclic esters (lactones) is 1. The normalized spacial score (nSPS) is 19.4. The molecule has 0 bridgehead atoms. The molecule has 0 saturated heterocycles. The van der Waals surface area contributed by atoms with Crippen LogP contribution in [0.4, 0.5) is 0 Å². The standard InChI is InChI=1S/C11H16O4S/c1-4-5-8(12)14-7-6-11(2,3)15-10(13)9(7)16/h16H,4-6H2,1-3H3. The van der Waals surface area contributed by atoms with Crippen LogP contribution in [0.15, 0.2) is 10.7 Å². The van der Waals surface area contributed by atoms with Crippen molar-refractivity contribution < 1.29 is 19.1 Å². The highest BCUT2D eigenvalue weighted by atomic mass is 32.1. The van der Waals surface area contributed by atoms with E-state index < -0.39 is 11.6 Å². The van der Waals surface area contributed by atoms with Gasteiger partial charge in [0.05, 0.1) is 0 Å². The Morgan fingerprint density at radius 2 is 2.19 bits per heavy atom. The van der Waals surface area contributed by atoms with Crippen molar-refractivity contribution in [2.24, 2.45) is 0 Å². The second kappa shape index (κ2) is 4.91. The number of carbonyl (C=O) groups is 2. The molecule has 0 aromatic carbocycles. The van der Waals surface area contributed by atoms with Crippen LogP contribution in [0.2, 0.25) is 0 Å². The van der Waals surface area contributed by atoms with Crippen LogP contribution >= 0.6 is 12.6 Å². The van der Waals surface area contributed by atoms with E-state index in [1.54, 1.807) is 13.8 Å². The third kappa shape index (κ3) is 3.27. The molecule has 90 valence electrons. The van der Waals surface area contributed by atoms with Gasteiger partial charge in [-0.25, -0.2) is 4.79 Å². The first-order valence-corrected chi connectivity index (χ1v) is 5.66. The topological polar surface area (TPSA) is 52.6 Å². The fourth-order valence-electron chi connectivity index (χ4n) is 1.40. The van der Waals surface area contributed by atoms with E-state index in [9.17, 15) is 9.59 Å². The van der Waals surface area contributed by atoms with Crippen molar-refractivity contribution in [2.75, 3.05) is 0 Å². The molecule has 0 atom stereocenters. The zero-order valence-electron chi connectivity index (χ0n) is 9.70. The summed E-state index contributed by atoms with van der Waals surface area (Å²) in [6.45, 7) is 5.41. The molecule has 0 N–H and O–H groups in total. The second-order valence-corrected chi connectivity index (χ2v) is 4.77. The molecular formula is C11H16O4S. The van der Waals surface area contributed by atoms with E-state index in [1.165, 1.54) is 0 Å². The number of hydrogen-bond acceptors (Lipinski definition) is 5. The molecule has 0 fully saturated rings. The van der Waals surface area contributed by atoms with Crippen molar-refractivity contribution in [1.82, 2.24) is 0 Å². The lowest BCUT2D eigenvalue weighted by Crippen LogP contribution is -2.34. The summed E-state index contributed by atoms with van der Waals surface area (Å²) in [7, 11) is 0. The van der Waals surface area contributed by atoms with Crippen molar-refractivity contribution in [3.8, 4) is 0 Å². The molecule has 0 spiro atoms. The van der Waals surface area contributed by atoms with E-state index in [0.717, 1.165) is 0 Å². The van der Waals surface area contributed by atoms with Crippen molar-refractivity contribution in [1.29, 1.82) is 0 Å². The van der Waals surface area contributed by atoms with Gasteiger partial charge in [0, 0.05) is 12.8 Å². The van der Waals surface area contributed by atoms with Crippen LogP contribution in [-0.2, 0) is 19.1 Å². The Morgan fingerprint density at radius 1 is 1.56 bits per heavy atom. The molecule has 0 amide bonds. The average molecular weight is 244 g/mol. The third-order valence-electron chi connectivity index (χ3n) is 2.10. The van der Waals surface area contributed by atoms with Gasteiger partial charge in [-0.3, -0.25) is 4.79 Å². The van der Waals surface area contributed by atoms with Crippen LogP contribution in [-0.4, -0.2) is 17.5 Å². The molecule has 16 heavy (non-hydrogen) atoms. The van der Waals surface area contributed by atoms with E-state index in [0.29, 0.717) is 25.0 Å². The maximum absolute atomic E-state index is 11.4. The Balaban J connectivity index is 2.80. The Labute approximate surface area is 100 Å². The molecule has 0 radical (unpaired) electrons. The highest BCUT2D eigenvalue weighted by Crippen LogP contribution is 2.31. The van der Waals surface area contributed by atoms with Crippen LogP contribution < -0.4 is 0 Å². The maximum Gasteiger partial charge on any atom is 0.348 e. The highest BCUT2D eigenvalue weighted by molar-refractivity contribution is 7.85. The summed E-state index contributed by atoms with van der Waals surface area (Å²) >= 11 is 4.00. The van der Waals surface area contributed by atoms with Gasteiger partial charge in [0.2, 0.25) is 0 Å². The number of thiol groups is 1. The van der Waals surface area contributed by atoms with Crippen LogP contribution in [0.1, 0.15) is 40.0 Å². The molecule has 0 aliphatic carbocycles. The predicted molar refractivity (Wildman–Crippen MR) is 61.8 cm³/mol. The summed E-state index contributed by atoms with van der Waals surface area (Å²) in [6.07, 6.45) is 1.41. The van der Waals surface area contributed by atoms with Crippen LogP contribution in [0.3, 0.4) is 0 Å². The number of ether oxygens (including phenoxy) is 2. The SMILES string of the molecule is CCCC(=O)OC1=C(S)C(=O)OC(C)(C)C1.